The predicted octanol–water partition coefficient (Wildman–Crippen LogP) is 1.90. The second-order valence-corrected chi connectivity index (χ2v) is 6.19. The maximum atomic E-state index is 12.2. The zero-order valence-corrected chi connectivity index (χ0v) is 12.5. The molecule has 1 amide bonds. The van der Waals surface area contributed by atoms with Crippen molar-refractivity contribution in [2.24, 2.45) is 0 Å². The normalized spacial score (nSPS) is 21.5. The SMILES string of the molecule is CC(C)(C)OC(=O)N1CCCC1CNCC(O)C(F)(F)F. The van der Waals surface area contributed by atoms with Crippen LogP contribution in [0.4, 0.5) is 18.0 Å². The van der Waals surface area contributed by atoms with Gasteiger partial charge in [-0.25, -0.2) is 4.79 Å². The van der Waals surface area contributed by atoms with E-state index < -0.39 is 30.5 Å². The molecule has 1 heterocycles. The van der Waals surface area contributed by atoms with Gasteiger partial charge in [0.25, 0.3) is 0 Å². The second-order valence-electron chi connectivity index (χ2n) is 6.19. The van der Waals surface area contributed by atoms with Crippen LogP contribution in [0, 0.1) is 0 Å². The van der Waals surface area contributed by atoms with Gasteiger partial charge in [-0.3, -0.25) is 0 Å². The molecule has 2 N–H and O–H groups in total. The van der Waals surface area contributed by atoms with E-state index in [-0.39, 0.29) is 12.6 Å². The van der Waals surface area contributed by atoms with Gasteiger partial charge in [0.1, 0.15) is 5.60 Å². The molecule has 0 aliphatic carbocycles. The average molecular weight is 312 g/mol. The first-order valence-corrected chi connectivity index (χ1v) is 6.96. The molecule has 124 valence electrons. The van der Waals surface area contributed by atoms with Crippen LogP contribution >= 0.6 is 0 Å². The Morgan fingerprint density at radius 1 is 1.43 bits per heavy atom. The van der Waals surface area contributed by atoms with Crippen LogP contribution < -0.4 is 5.32 Å². The van der Waals surface area contributed by atoms with Crippen molar-refractivity contribution in [3.05, 3.63) is 0 Å². The zero-order chi connectivity index (χ0) is 16.3. The molecular weight excluding hydrogens is 289 g/mol. The van der Waals surface area contributed by atoms with Gasteiger partial charge in [0, 0.05) is 25.7 Å². The zero-order valence-electron chi connectivity index (χ0n) is 12.5. The lowest BCUT2D eigenvalue weighted by molar-refractivity contribution is -0.201. The minimum atomic E-state index is -4.63. The molecule has 2 atom stereocenters. The summed E-state index contributed by atoms with van der Waals surface area (Å²) in [5, 5.41) is 11.5. The van der Waals surface area contributed by atoms with Gasteiger partial charge in [-0.05, 0) is 33.6 Å². The van der Waals surface area contributed by atoms with Gasteiger partial charge in [-0.2, -0.15) is 13.2 Å². The highest BCUT2D eigenvalue weighted by Crippen LogP contribution is 2.21. The van der Waals surface area contributed by atoms with Gasteiger partial charge >= 0.3 is 12.3 Å². The minimum Gasteiger partial charge on any atom is -0.444 e. The lowest BCUT2D eigenvalue weighted by Crippen LogP contribution is -2.46. The van der Waals surface area contributed by atoms with E-state index in [0.29, 0.717) is 13.0 Å². The number of aliphatic hydroxyl groups is 1. The van der Waals surface area contributed by atoms with Gasteiger partial charge < -0.3 is 20.1 Å². The Morgan fingerprint density at radius 3 is 2.57 bits per heavy atom. The molecule has 1 aliphatic heterocycles. The maximum absolute atomic E-state index is 12.2. The monoisotopic (exact) mass is 312 g/mol. The Balaban J connectivity index is 2.42. The molecule has 0 radical (unpaired) electrons. The Labute approximate surface area is 122 Å². The lowest BCUT2D eigenvalue weighted by atomic mass is 10.2. The number of nitrogens with zero attached hydrogens (tertiary/aromatic N) is 1. The van der Waals surface area contributed by atoms with Crippen molar-refractivity contribution in [3.8, 4) is 0 Å². The Bertz CT molecular complexity index is 356. The van der Waals surface area contributed by atoms with Crippen molar-refractivity contribution in [1.29, 1.82) is 0 Å². The standard InChI is InChI=1S/C13H23F3N2O3/c1-12(2,3)21-11(20)18-6-4-5-9(18)7-17-8-10(19)13(14,15)16/h9-10,17,19H,4-8H2,1-3H3. The Hall–Kier alpha value is -1.02. The number of nitrogens with one attached hydrogen (secondary N) is 1. The minimum absolute atomic E-state index is 0.201. The number of hydrogen-bond acceptors (Lipinski definition) is 4. The van der Waals surface area contributed by atoms with Gasteiger partial charge in [0.05, 0.1) is 0 Å². The van der Waals surface area contributed by atoms with E-state index in [2.05, 4.69) is 5.32 Å². The summed E-state index contributed by atoms with van der Waals surface area (Å²) >= 11 is 0. The number of likely N-dealkylation sites (tertiary alicyclic amines) is 1. The van der Waals surface area contributed by atoms with Crippen LogP contribution in [0.3, 0.4) is 0 Å². The number of ether oxygens (including phenoxy) is 1. The van der Waals surface area contributed by atoms with Crippen molar-refractivity contribution < 1.29 is 27.8 Å². The number of amides is 1. The van der Waals surface area contributed by atoms with Crippen LogP contribution in [0.2, 0.25) is 0 Å². The van der Waals surface area contributed by atoms with Gasteiger partial charge in [-0.15, -0.1) is 0 Å². The van der Waals surface area contributed by atoms with Crippen molar-refractivity contribution in [1.82, 2.24) is 10.2 Å². The fourth-order valence-corrected chi connectivity index (χ4v) is 2.11. The summed E-state index contributed by atoms with van der Waals surface area (Å²) in [5.41, 5.74) is -0.607. The van der Waals surface area contributed by atoms with E-state index in [1.807, 2.05) is 0 Å². The molecular formula is C13H23F3N2O3. The summed E-state index contributed by atoms with van der Waals surface area (Å²) in [5.74, 6) is 0. The number of hydrogen-bond donors (Lipinski definition) is 2. The second kappa shape index (κ2) is 6.83. The Morgan fingerprint density at radius 2 is 2.05 bits per heavy atom. The number of carbonyl (C=O) groups excluding carboxylic acids is 1. The highest BCUT2D eigenvalue weighted by atomic mass is 19.4. The van der Waals surface area contributed by atoms with Crippen LogP contribution in [0.1, 0.15) is 33.6 Å². The van der Waals surface area contributed by atoms with Crippen LogP contribution in [0.5, 0.6) is 0 Å². The van der Waals surface area contributed by atoms with Crippen LogP contribution in [-0.4, -0.2) is 59.7 Å². The van der Waals surface area contributed by atoms with E-state index in [0.717, 1.165) is 6.42 Å². The van der Waals surface area contributed by atoms with E-state index in [4.69, 9.17) is 9.84 Å². The molecule has 0 bridgehead atoms. The molecule has 1 fully saturated rings. The molecule has 2 unspecified atom stereocenters. The number of halogens is 3. The third-order valence-electron chi connectivity index (χ3n) is 3.10. The molecule has 5 nitrogen and oxygen atoms in total. The molecule has 1 rings (SSSR count). The molecule has 0 saturated carbocycles. The first-order chi connectivity index (χ1) is 9.50. The van der Waals surface area contributed by atoms with E-state index in [1.165, 1.54) is 4.90 Å². The maximum Gasteiger partial charge on any atom is 0.415 e. The van der Waals surface area contributed by atoms with Gasteiger partial charge in [-0.1, -0.05) is 0 Å². The lowest BCUT2D eigenvalue weighted by Gasteiger charge is -2.29. The predicted molar refractivity (Wildman–Crippen MR) is 70.9 cm³/mol. The molecule has 0 spiro atoms. The first-order valence-electron chi connectivity index (χ1n) is 6.96. The van der Waals surface area contributed by atoms with Crippen molar-refractivity contribution >= 4 is 6.09 Å². The third-order valence-corrected chi connectivity index (χ3v) is 3.10. The topological polar surface area (TPSA) is 61.8 Å². The number of alkyl halides is 3. The highest BCUT2D eigenvalue weighted by Gasteiger charge is 2.38. The summed E-state index contributed by atoms with van der Waals surface area (Å²) in [4.78, 5) is 13.5. The summed E-state index contributed by atoms with van der Waals surface area (Å²) in [6, 6.07) is -0.208. The molecule has 8 heteroatoms. The fourth-order valence-electron chi connectivity index (χ4n) is 2.11. The molecule has 21 heavy (non-hydrogen) atoms. The largest absolute Gasteiger partial charge is 0.444 e. The van der Waals surface area contributed by atoms with Crippen molar-refractivity contribution in [2.75, 3.05) is 19.6 Å². The smallest absolute Gasteiger partial charge is 0.415 e. The molecule has 0 aromatic rings. The van der Waals surface area contributed by atoms with Crippen molar-refractivity contribution in [2.45, 2.75) is 57.5 Å². The average Bonchev–Trinajstić information content (AvgIpc) is 2.73. The number of rotatable bonds is 4. The van der Waals surface area contributed by atoms with Crippen LogP contribution in [-0.2, 0) is 4.74 Å². The van der Waals surface area contributed by atoms with Crippen molar-refractivity contribution in [3.63, 3.8) is 0 Å². The highest BCUT2D eigenvalue weighted by molar-refractivity contribution is 5.69. The van der Waals surface area contributed by atoms with Gasteiger partial charge in [0.15, 0.2) is 6.10 Å². The quantitative estimate of drug-likeness (QED) is 0.832. The first kappa shape index (κ1) is 18.0. The Kier molecular flexibility index (Phi) is 5.86. The van der Waals surface area contributed by atoms with E-state index >= 15 is 0 Å². The number of carbonyl (C=O) groups is 1. The van der Waals surface area contributed by atoms with Crippen LogP contribution in [0.15, 0.2) is 0 Å². The molecule has 0 aromatic heterocycles. The van der Waals surface area contributed by atoms with E-state index in [1.54, 1.807) is 20.8 Å². The third kappa shape index (κ3) is 6.09. The molecule has 1 saturated heterocycles. The summed E-state index contributed by atoms with van der Waals surface area (Å²) < 4.78 is 41.8. The molecule has 1 aliphatic rings. The van der Waals surface area contributed by atoms with Crippen LogP contribution in [0.25, 0.3) is 0 Å². The summed E-state index contributed by atoms with van der Waals surface area (Å²) in [7, 11) is 0. The summed E-state index contributed by atoms with van der Waals surface area (Å²) in [6.07, 6.45) is -5.99. The number of aliphatic hydroxyl groups excluding tert-OH is 1. The van der Waals surface area contributed by atoms with E-state index in [9.17, 15) is 18.0 Å². The summed E-state index contributed by atoms with van der Waals surface area (Å²) in [6.45, 7) is 5.42. The molecule has 0 aromatic carbocycles. The fraction of sp³-hybridized carbons (Fsp3) is 0.923. The van der Waals surface area contributed by atoms with Gasteiger partial charge in [0.2, 0.25) is 0 Å².